The number of phenols is 1. The molecule has 1 N–H and O–H groups in total. The number of halogens is 2. The molecule has 594 valence electrons. The highest BCUT2D eigenvalue weighted by atomic mass is 35.5. The number of ether oxygens (including phenoxy) is 3. The van der Waals surface area contributed by atoms with E-state index in [1.165, 1.54) is 27.8 Å². The van der Waals surface area contributed by atoms with E-state index < -0.39 is 0 Å². The molecule has 0 saturated heterocycles. The molecule has 0 aliphatic rings. The fraction of sp³-hybridized carbons (Fsp3) is 0.138. The van der Waals surface area contributed by atoms with Crippen molar-refractivity contribution in [1.82, 2.24) is 0 Å². The van der Waals surface area contributed by atoms with E-state index in [1.807, 2.05) is 256 Å². The predicted molar refractivity (Wildman–Crippen MR) is 507 cm³/mol. The van der Waals surface area contributed by atoms with E-state index in [1.54, 1.807) is 30.4 Å². The van der Waals surface area contributed by atoms with Crippen molar-refractivity contribution in [3.05, 3.63) is 444 Å². The van der Waals surface area contributed by atoms with Crippen molar-refractivity contribution in [2.45, 2.75) is 79.6 Å². The van der Waals surface area contributed by atoms with E-state index in [0.29, 0.717) is 29.4 Å². The second-order valence-corrected chi connectivity index (χ2v) is 28.6. The molecule has 0 bridgehead atoms. The number of allylic oxidation sites excluding steroid dienone is 4. The van der Waals surface area contributed by atoms with E-state index >= 15 is 0 Å². The highest BCUT2D eigenvalue weighted by Crippen LogP contribution is 2.34. The highest BCUT2D eigenvalue weighted by molar-refractivity contribution is 6.30. The summed E-state index contributed by atoms with van der Waals surface area (Å²) in [5, 5.41) is 27.2. The lowest BCUT2D eigenvalue weighted by Crippen LogP contribution is -2.12. The van der Waals surface area contributed by atoms with Crippen molar-refractivity contribution in [1.29, 1.82) is 10.5 Å². The summed E-state index contributed by atoms with van der Waals surface area (Å²) in [6, 6.07) is 109. The molecule has 12 aromatic carbocycles. The quantitative estimate of drug-likeness (QED) is 0.0330. The lowest BCUT2D eigenvalue weighted by atomic mass is 9.81. The Morgan fingerprint density at radius 1 is 0.376 bits per heavy atom. The minimum atomic E-state index is 0. The average molecular weight is 1580 g/mol. The van der Waals surface area contributed by atoms with Gasteiger partial charge in [-0.25, -0.2) is 0 Å². The van der Waals surface area contributed by atoms with Crippen molar-refractivity contribution in [2.75, 3.05) is 0 Å². The number of nitrogens with zero attached hydrogens (tertiary/aromatic N) is 2. The van der Waals surface area contributed by atoms with E-state index in [9.17, 15) is 5.26 Å². The number of rotatable bonds is 26. The molecule has 2 unspecified atom stereocenters. The fourth-order valence-electron chi connectivity index (χ4n) is 10.8. The van der Waals surface area contributed by atoms with Crippen molar-refractivity contribution in [3.8, 4) is 52.4 Å². The van der Waals surface area contributed by atoms with E-state index in [0.717, 1.165) is 104 Å². The minimum absolute atomic E-state index is 0. The minimum Gasteiger partial charge on any atom is -0.508 e. The Labute approximate surface area is 709 Å². The van der Waals surface area contributed by atoms with Crippen LogP contribution >= 0.6 is 24.0 Å². The standard InChI is InChI=1S/C36H43NO.2C22H18O.C14H12O.C8H7Cl.C4H6.C3H5N.ClH/c1-28(2)33(27-37)26-32(14-10-7-11-25-36(3,4)5)31-19-23-35(24-20-31)38-34-21-17-30(18-22-34)16-15-29-12-8-6-9-13-29;2*1-2-18-10-14-21(15-11-18)23-22-16-12-20(13-17-22)9-8-19-6-4-3-5-7-19;15-14-10-8-13(9-11-14)7-6-12-4-2-1-3-5-12;1-2-7-3-5-8(9)6-4-7;1-3-4-2;1-2-3-4;/h6-9,11-13,15-24,28,32-33H,10,14,25-26H2,1-5H3;2*2-17H,1H2;1-11,15H;2-6H,1H2;3-4H,1-2H2;2H2,1H3;1H/b11-7+,16-15+;2*9-8+;7-6+;;;;. The van der Waals surface area contributed by atoms with Gasteiger partial charge < -0.3 is 19.3 Å². The molecule has 0 fully saturated rings. The van der Waals surface area contributed by atoms with Gasteiger partial charge in [0.05, 0.1) is 12.1 Å². The number of benzene rings is 12. The molecule has 12 rings (SSSR count). The van der Waals surface area contributed by atoms with Gasteiger partial charge in [-0.15, -0.1) is 12.4 Å². The van der Waals surface area contributed by atoms with Crippen LogP contribution in [-0.4, -0.2) is 5.11 Å². The molecule has 6 nitrogen and oxygen atoms in total. The molecule has 0 amide bonds. The van der Waals surface area contributed by atoms with Crippen LogP contribution in [0.5, 0.6) is 40.2 Å². The highest BCUT2D eigenvalue weighted by Gasteiger charge is 2.21. The first-order valence-corrected chi connectivity index (χ1v) is 39.4. The molecule has 0 heterocycles. The van der Waals surface area contributed by atoms with Crippen molar-refractivity contribution in [3.63, 3.8) is 0 Å². The lowest BCUT2D eigenvalue weighted by Gasteiger charge is -2.22. The maximum atomic E-state index is 9.72. The topological polar surface area (TPSA) is 95.5 Å². The Kier molecular flexibility index (Phi) is 44.6. The smallest absolute Gasteiger partial charge is 0.127 e. The molecule has 0 aliphatic heterocycles. The molecule has 12 aromatic rings. The molecular weight excluding hydrogens is 1470 g/mol. The Morgan fingerprint density at radius 2 is 0.632 bits per heavy atom. The normalized spacial score (nSPS) is 11.0. The van der Waals surface area contributed by atoms with Gasteiger partial charge in [0.15, 0.2) is 0 Å². The van der Waals surface area contributed by atoms with Crippen molar-refractivity contribution in [2.24, 2.45) is 17.3 Å². The zero-order valence-electron chi connectivity index (χ0n) is 68.3. The molecular formula is C109H110Cl2N2O4. The van der Waals surface area contributed by atoms with Gasteiger partial charge in [0, 0.05) is 17.4 Å². The fourth-order valence-corrected chi connectivity index (χ4v) is 10.9. The van der Waals surface area contributed by atoms with Crippen LogP contribution in [0.25, 0.3) is 66.8 Å². The van der Waals surface area contributed by atoms with Gasteiger partial charge in [-0.05, 0) is 207 Å². The molecule has 0 aliphatic carbocycles. The van der Waals surface area contributed by atoms with Crippen LogP contribution in [0.15, 0.2) is 373 Å². The van der Waals surface area contributed by atoms with Gasteiger partial charge in [-0.2, -0.15) is 10.5 Å². The summed E-state index contributed by atoms with van der Waals surface area (Å²) in [6.07, 6.45) is 34.7. The molecule has 0 saturated carbocycles. The number of aromatic hydroxyl groups is 1. The van der Waals surface area contributed by atoms with Crippen LogP contribution in [0.3, 0.4) is 0 Å². The van der Waals surface area contributed by atoms with E-state index in [4.69, 9.17) is 36.2 Å². The van der Waals surface area contributed by atoms with Crippen LogP contribution in [0.2, 0.25) is 5.02 Å². The number of hydrogen-bond donors (Lipinski definition) is 1. The maximum Gasteiger partial charge on any atom is 0.127 e. The third-order valence-electron chi connectivity index (χ3n) is 17.4. The van der Waals surface area contributed by atoms with Gasteiger partial charge in [0.1, 0.15) is 40.2 Å². The first kappa shape index (κ1) is 94.4. The number of hydrogen-bond acceptors (Lipinski definition) is 6. The Morgan fingerprint density at radius 3 is 0.880 bits per heavy atom. The van der Waals surface area contributed by atoms with Gasteiger partial charge in [-0.1, -0.05) is 396 Å². The monoisotopic (exact) mass is 1580 g/mol. The van der Waals surface area contributed by atoms with Crippen LogP contribution in [0, 0.1) is 39.9 Å². The Hall–Kier alpha value is -13.2. The molecule has 0 aromatic heterocycles. The first-order chi connectivity index (χ1) is 56.4. The number of phenolic OH excluding ortho intramolecular Hbond substituents is 1. The number of nitriles is 2. The van der Waals surface area contributed by atoms with Crippen molar-refractivity contribution >= 4 is 90.8 Å². The summed E-state index contributed by atoms with van der Waals surface area (Å²) in [5.41, 5.74) is 14.1. The Balaban J connectivity index is 0.000000269. The summed E-state index contributed by atoms with van der Waals surface area (Å²) < 4.78 is 17.8. The van der Waals surface area contributed by atoms with Gasteiger partial charge in [0.2, 0.25) is 0 Å². The third-order valence-corrected chi connectivity index (χ3v) is 17.7. The van der Waals surface area contributed by atoms with E-state index in [2.05, 4.69) is 207 Å². The molecule has 2 atom stereocenters. The second-order valence-electron chi connectivity index (χ2n) is 28.2. The van der Waals surface area contributed by atoms with Crippen LogP contribution in [-0.2, 0) is 0 Å². The van der Waals surface area contributed by atoms with Gasteiger partial charge in [0.25, 0.3) is 0 Å². The van der Waals surface area contributed by atoms with Crippen LogP contribution in [0.1, 0.15) is 146 Å². The van der Waals surface area contributed by atoms with Crippen molar-refractivity contribution < 1.29 is 19.3 Å². The summed E-state index contributed by atoms with van der Waals surface area (Å²) in [5.74, 6) is 6.01. The first-order valence-electron chi connectivity index (χ1n) is 39.0. The molecule has 0 radical (unpaired) electrons. The predicted octanol–water partition coefficient (Wildman–Crippen LogP) is 32.5. The zero-order chi connectivity index (χ0) is 83.2. The average Bonchev–Trinajstić information content (AvgIpc) is 0.864. The third kappa shape index (κ3) is 39.9. The van der Waals surface area contributed by atoms with E-state index in [-0.39, 0.29) is 18.3 Å². The summed E-state index contributed by atoms with van der Waals surface area (Å²) in [6.45, 7) is 30.7. The zero-order valence-corrected chi connectivity index (χ0v) is 69.9. The lowest BCUT2D eigenvalue weighted by molar-refractivity contribution is 0.397. The van der Waals surface area contributed by atoms with Gasteiger partial charge >= 0.3 is 0 Å². The Bertz CT molecular complexity index is 4870. The van der Waals surface area contributed by atoms with Crippen LogP contribution in [0.4, 0.5) is 0 Å². The summed E-state index contributed by atoms with van der Waals surface area (Å²) in [4.78, 5) is 0. The maximum absolute atomic E-state index is 9.72. The summed E-state index contributed by atoms with van der Waals surface area (Å²) in [7, 11) is 0. The van der Waals surface area contributed by atoms with Crippen LogP contribution < -0.4 is 14.2 Å². The molecule has 8 heteroatoms. The van der Waals surface area contributed by atoms with Gasteiger partial charge in [-0.3, -0.25) is 0 Å². The SMILES string of the molecule is C=CC=C.C=Cc1ccc(Cl)cc1.C=Cc1ccc(Oc2ccc(/C=C/c3ccccc3)cc2)cc1.C=Cc1ccc(Oc2ccc(/C=C/c3ccccc3)cc2)cc1.CC(C)C(C#N)CC(CC/C=C/CC(C)(C)C)c1ccc(Oc2ccc(/C=C/c3ccccc3)cc2)cc1.CCC#N.Cl.Oc1ccc(/C=C/c2ccccc2)cc1. The summed E-state index contributed by atoms with van der Waals surface area (Å²) >= 11 is 5.63. The molecule has 117 heavy (non-hydrogen) atoms. The molecule has 0 spiro atoms. The largest absolute Gasteiger partial charge is 0.508 e. The second kappa shape index (κ2) is 55.3.